The lowest BCUT2D eigenvalue weighted by Crippen LogP contribution is -2.39. The second-order valence-corrected chi connectivity index (χ2v) is 4.67. The van der Waals surface area contributed by atoms with E-state index in [2.05, 4.69) is 4.98 Å². The summed E-state index contributed by atoms with van der Waals surface area (Å²) in [5, 5.41) is 18.7. The summed E-state index contributed by atoms with van der Waals surface area (Å²) in [6.07, 6.45) is -3.64. The molecule has 21 heavy (non-hydrogen) atoms. The summed E-state index contributed by atoms with van der Waals surface area (Å²) in [7, 11) is 3.08. The first-order valence-corrected chi connectivity index (χ1v) is 6.39. The predicted octanol–water partition coefficient (Wildman–Crippen LogP) is -1.04. The smallest absolute Gasteiger partial charge is 0.332 e. The molecular formula is C13H20N4O4. The molecule has 0 saturated carbocycles. The van der Waals surface area contributed by atoms with Gasteiger partial charge < -0.3 is 14.8 Å². The first-order valence-electron chi connectivity index (χ1n) is 8.39. The summed E-state index contributed by atoms with van der Waals surface area (Å²) < 4.78 is 33.0. The van der Waals surface area contributed by atoms with Crippen LogP contribution in [-0.2, 0) is 20.6 Å². The molecule has 0 fully saturated rings. The third-order valence-corrected chi connectivity index (χ3v) is 3.22. The number of aliphatic hydroxyl groups is 2. The van der Waals surface area contributed by atoms with Crippen LogP contribution in [0.2, 0.25) is 0 Å². The highest BCUT2D eigenvalue weighted by Gasteiger charge is 2.14. The third-order valence-electron chi connectivity index (χ3n) is 3.22. The van der Waals surface area contributed by atoms with Crippen molar-refractivity contribution in [2.75, 3.05) is 6.56 Å². The Kier molecular flexibility index (Phi) is 3.19. The molecule has 0 bridgehead atoms. The van der Waals surface area contributed by atoms with Crippen molar-refractivity contribution in [2.24, 2.45) is 14.1 Å². The highest BCUT2D eigenvalue weighted by atomic mass is 16.3. The first-order chi connectivity index (χ1) is 11.4. The number of aromatic nitrogens is 4. The molecule has 0 aliphatic rings. The fourth-order valence-electron chi connectivity index (χ4n) is 2.12. The molecule has 0 unspecified atom stereocenters. The van der Waals surface area contributed by atoms with Crippen LogP contribution in [0.25, 0.3) is 11.2 Å². The van der Waals surface area contributed by atoms with Crippen LogP contribution in [0.5, 0.6) is 0 Å². The lowest BCUT2D eigenvalue weighted by atomic mass is 10.1. The van der Waals surface area contributed by atoms with E-state index in [0.717, 1.165) is 4.57 Å². The van der Waals surface area contributed by atoms with Gasteiger partial charge in [-0.25, -0.2) is 9.78 Å². The molecule has 8 heteroatoms. The Balaban J connectivity index is 2.26. The van der Waals surface area contributed by atoms with Gasteiger partial charge in [0.1, 0.15) is 0 Å². The van der Waals surface area contributed by atoms with E-state index in [4.69, 9.17) is 10.6 Å². The van der Waals surface area contributed by atoms with E-state index in [-0.39, 0.29) is 30.6 Å². The van der Waals surface area contributed by atoms with E-state index >= 15 is 0 Å². The van der Waals surface area contributed by atoms with E-state index in [0.29, 0.717) is 0 Å². The van der Waals surface area contributed by atoms with Gasteiger partial charge >= 0.3 is 5.69 Å². The van der Waals surface area contributed by atoms with Gasteiger partial charge in [-0.1, -0.05) is 0 Å². The van der Waals surface area contributed by atoms with Crippen molar-refractivity contribution in [3.8, 4) is 0 Å². The van der Waals surface area contributed by atoms with Gasteiger partial charge in [-0.15, -0.1) is 0 Å². The second-order valence-electron chi connectivity index (χ2n) is 4.67. The van der Waals surface area contributed by atoms with Crippen LogP contribution < -0.4 is 11.2 Å². The zero-order chi connectivity index (χ0) is 19.2. The maximum atomic E-state index is 12.5. The van der Waals surface area contributed by atoms with E-state index in [9.17, 15) is 14.7 Å². The minimum atomic E-state index is -3.09. The van der Waals surface area contributed by atoms with Crippen molar-refractivity contribution < 1.29 is 15.7 Å². The Hall–Kier alpha value is -1.93. The summed E-state index contributed by atoms with van der Waals surface area (Å²) in [6, 6.07) is 0. The average molecular weight is 300 g/mol. The molecule has 1 atom stereocenters. The summed E-state index contributed by atoms with van der Waals surface area (Å²) >= 11 is 0. The Morgan fingerprint density at radius 3 is 2.76 bits per heavy atom. The number of hydrogen-bond donors (Lipinski definition) is 2. The van der Waals surface area contributed by atoms with Crippen molar-refractivity contribution in [1.82, 2.24) is 18.7 Å². The Bertz CT molecular complexity index is 896. The number of aryl methyl sites for hydroxylation is 2. The van der Waals surface area contributed by atoms with Gasteiger partial charge in [0.2, 0.25) is 0 Å². The van der Waals surface area contributed by atoms with Crippen LogP contribution >= 0.6 is 0 Å². The lowest BCUT2D eigenvalue weighted by Gasteiger charge is -2.09. The fourth-order valence-corrected chi connectivity index (χ4v) is 2.12. The topological polar surface area (TPSA) is 102 Å². The summed E-state index contributed by atoms with van der Waals surface area (Å²) in [5.41, 5.74) is -0.684. The van der Waals surface area contributed by atoms with E-state index < -0.39 is 30.3 Å². The predicted molar refractivity (Wildman–Crippen MR) is 77.2 cm³/mol. The number of hydrogen-bond acceptors (Lipinski definition) is 5. The molecule has 0 spiro atoms. The maximum absolute atomic E-state index is 12.5. The highest BCUT2D eigenvalue weighted by Crippen LogP contribution is 2.05. The Morgan fingerprint density at radius 1 is 1.38 bits per heavy atom. The molecule has 2 aromatic rings. The van der Waals surface area contributed by atoms with Gasteiger partial charge in [0.05, 0.1) is 21.7 Å². The SMILES string of the molecule is [2H]C([2H])(O)[C@H](O)C([2H])([2H])CCCn1c(=O)c2c(ncn2C)n(C)c1=O. The molecule has 2 aromatic heterocycles. The van der Waals surface area contributed by atoms with Crippen molar-refractivity contribution in [1.29, 1.82) is 0 Å². The van der Waals surface area contributed by atoms with E-state index in [1.807, 2.05) is 0 Å². The molecular weight excluding hydrogens is 276 g/mol. The standard InChI is InChI=1S/C13H20N4O4/c1-15-8-14-11-10(15)12(20)17(13(21)16(11)2)6-4-3-5-9(19)7-18/h8-9,18-19H,3-7H2,1-2H3/t9-/m1/s1/i5D2,7D2. The average Bonchev–Trinajstić information content (AvgIpc) is 2.88. The van der Waals surface area contributed by atoms with Crippen LogP contribution in [0, 0.1) is 0 Å². The summed E-state index contributed by atoms with van der Waals surface area (Å²) in [5.74, 6) is 0. The zero-order valence-electron chi connectivity index (χ0n) is 15.8. The van der Waals surface area contributed by atoms with E-state index in [1.165, 1.54) is 22.5 Å². The monoisotopic (exact) mass is 300 g/mol. The zero-order valence-corrected chi connectivity index (χ0v) is 11.8. The second kappa shape index (κ2) is 6.23. The Labute approximate surface area is 126 Å². The minimum absolute atomic E-state index is 0.0152. The largest absolute Gasteiger partial charge is 0.394 e. The summed E-state index contributed by atoms with van der Waals surface area (Å²) in [6.45, 7) is -3.21. The molecule has 0 amide bonds. The molecule has 2 heterocycles. The van der Waals surface area contributed by atoms with Crippen LogP contribution in [0.1, 0.15) is 24.7 Å². The van der Waals surface area contributed by atoms with E-state index in [1.54, 1.807) is 7.05 Å². The first kappa shape index (κ1) is 10.7. The number of imidazole rings is 1. The van der Waals surface area contributed by atoms with Crippen molar-refractivity contribution in [2.45, 2.75) is 31.9 Å². The quantitative estimate of drug-likeness (QED) is 0.709. The van der Waals surface area contributed by atoms with Gasteiger partial charge in [-0.05, 0) is 19.2 Å². The lowest BCUT2D eigenvalue weighted by molar-refractivity contribution is 0.0858. The molecule has 116 valence electrons. The van der Waals surface area contributed by atoms with Crippen molar-refractivity contribution >= 4 is 11.2 Å². The van der Waals surface area contributed by atoms with Crippen molar-refractivity contribution in [3.05, 3.63) is 27.2 Å². The number of nitrogens with zero attached hydrogens (tertiary/aromatic N) is 4. The maximum Gasteiger partial charge on any atom is 0.332 e. The normalized spacial score (nSPS) is 17.1. The van der Waals surface area contributed by atoms with Gasteiger partial charge in [0.15, 0.2) is 11.2 Å². The van der Waals surface area contributed by atoms with Crippen molar-refractivity contribution in [3.63, 3.8) is 0 Å². The Morgan fingerprint density at radius 2 is 2.10 bits per heavy atom. The van der Waals surface area contributed by atoms with Crippen LogP contribution in [-0.4, -0.2) is 41.6 Å². The fraction of sp³-hybridized carbons (Fsp3) is 0.615. The molecule has 2 N–H and O–H groups in total. The number of fused-ring (bicyclic) bond motifs is 1. The highest BCUT2D eigenvalue weighted by molar-refractivity contribution is 5.69. The van der Waals surface area contributed by atoms with Gasteiger partial charge in [-0.2, -0.15) is 0 Å². The van der Waals surface area contributed by atoms with Gasteiger partial charge in [-0.3, -0.25) is 13.9 Å². The van der Waals surface area contributed by atoms with Crippen LogP contribution in [0.3, 0.4) is 0 Å². The molecule has 8 nitrogen and oxygen atoms in total. The number of aliphatic hydroxyl groups excluding tert-OH is 1. The molecule has 2 rings (SSSR count). The molecule has 0 aliphatic heterocycles. The molecule has 0 radical (unpaired) electrons. The number of rotatable bonds is 6. The van der Waals surface area contributed by atoms with Crippen LogP contribution in [0.4, 0.5) is 0 Å². The van der Waals surface area contributed by atoms with Crippen LogP contribution in [0.15, 0.2) is 15.9 Å². The third kappa shape index (κ3) is 2.91. The molecule has 0 aromatic carbocycles. The molecule has 0 saturated heterocycles. The molecule has 0 aliphatic carbocycles. The summed E-state index contributed by atoms with van der Waals surface area (Å²) in [4.78, 5) is 28.8. The van der Waals surface area contributed by atoms with Gasteiger partial charge in [0.25, 0.3) is 5.56 Å². The van der Waals surface area contributed by atoms with Gasteiger partial charge in [0, 0.05) is 23.4 Å². The minimum Gasteiger partial charge on any atom is -0.394 e.